The van der Waals surface area contributed by atoms with E-state index >= 15 is 0 Å². The Kier molecular flexibility index (Phi) is 9.31. The zero-order valence-corrected chi connectivity index (χ0v) is 36.4. The predicted octanol–water partition coefficient (Wildman–Crippen LogP) is 16.4. The van der Waals surface area contributed by atoms with E-state index in [0.29, 0.717) is 0 Å². The number of thiazole rings is 2. The van der Waals surface area contributed by atoms with Crippen LogP contribution in [0, 0.1) is 0 Å². The molecule has 0 amide bonds. The second-order valence-corrected chi connectivity index (χ2v) is 19.6. The van der Waals surface area contributed by atoms with Gasteiger partial charge in [-0.2, -0.15) is 0 Å². The van der Waals surface area contributed by atoms with Crippen molar-refractivity contribution in [3.8, 4) is 21.1 Å². The van der Waals surface area contributed by atoms with Crippen molar-refractivity contribution in [3.05, 3.63) is 181 Å². The average Bonchev–Trinajstić information content (AvgIpc) is 3.94. The van der Waals surface area contributed by atoms with E-state index in [0.717, 1.165) is 53.9 Å². The van der Waals surface area contributed by atoms with E-state index < -0.39 is 0 Å². The van der Waals surface area contributed by atoms with Gasteiger partial charge in [-0.05, 0) is 127 Å². The second kappa shape index (κ2) is 14.7. The quantitative estimate of drug-likeness (QED) is 0.143. The van der Waals surface area contributed by atoms with Crippen LogP contribution in [0.2, 0.25) is 0 Å². The lowest BCUT2D eigenvalue weighted by atomic mass is 9.79. The zero-order valence-electron chi connectivity index (χ0n) is 34.8. The van der Waals surface area contributed by atoms with Crippen LogP contribution in [0.25, 0.3) is 53.5 Å². The van der Waals surface area contributed by atoms with Crippen LogP contribution in [0.3, 0.4) is 0 Å². The topological polar surface area (TPSA) is 32.3 Å². The molecule has 2 heterocycles. The lowest BCUT2D eigenvalue weighted by Gasteiger charge is -2.25. The number of benzene rings is 8. The number of para-hydroxylation sites is 4. The Labute approximate surface area is 360 Å². The van der Waals surface area contributed by atoms with Crippen molar-refractivity contribution in [2.45, 2.75) is 52.4 Å². The third-order valence-corrected chi connectivity index (χ3v) is 13.5. The molecule has 0 unspecified atom stereocenters. The zero-order chi connectivity index (χ0) is 41.2. The molecular formula is C54H46N4S2. The van der Waals surface area contributed by atoms with Crippen molar-refractivity contribution in [3.63, 3.8) is 0 Å². The van der Waals surface area contributed by atoms with E-state index in [9.17, 15) is 0 Å². The molecule has 0 N–H and O–H groups in total. The van der Waals surface area contributed by atoms with Crippen molar-refractivity contribution >= 4 is 87.7 Å². The van der Waals surface area contributed by atoms with Gasteiger partial charge in [-0.15, -0.1) is 0 Å². The van der Waals surface area contributed by atoms with Gasteiger partial charge in [0.15, 0.2) is 0 Å². The molecular weight excluding hydrogens is 769 g/mol. The highest BCUT2D eigenvalue weighted by molar-refractivity contribution is 7.19. The molecule has 0 aliphatic carbocycles. The van der Waals surface area contributed by atoms with Crippen molar-refractivity contribution in [1.82, 2.24) is 9.97 Å². The summed E-state index contributed by atoms with van der Waals surface area (Å²) in [5, 5.41) is 11.6. The molecule has 0 bridgehead atoms. The minimum Gasteiger partial charge on any atom is -0.301 e. The van der Waals surface area contributed by atoms with E-state index in [2.05, 4.69) is 209 Å². The van der Waals surface area contributed by atoms with Crippen LogP contribution in [-0.2, 0) is 10.8 Å². The Hall–Kier alpha value is -6.34. The number of rotatable bonds is 8. The summed E-state index contributed by atoms with van der Waals surface area (Å²) in [6, 6.07) is 56.9. The largest absolute Gasteiger partial charge is 0.301 e. The maximum atomic E-state index is 5.23. The lowest BCUT2D eigenvalue weighted by molar-refractivity contribution is 0.591. The first kappa shape index (κ1) is 37.9. The number of hydrogen-bond acceptors (Lipinski definition) is 6. The molecule has 0 saturated carbocycles. The van der Waals surface area contributed by atoms with E-state index in [-0.39, 0.29) is 10.8 Å². The van der Waals surface area contributed by atoms with Crippen LogP contribution < -0.4 is 9.80 Å². The Morgan fingerprint density at radius 3 is 1.02 bits per heavy atom. The molecule has 10 rings (SSSR count). The SMILES string of the molecule is CC(C)(C)c1cc2cc(-c3ncc(N(c4ccccc4)c4ccccc4)s3)c3cc(C(C)(C)C)cc4cc(-c5ncc(N(c6ccccc6)c6ccccc6)s5)c(c1)c2c43. The highest BCUT2D eigenvalue weighted by atomic mass is 32.1. The maximum Gasteiger partial charge on any atom is 0.125 e. The fraction of sp³-hybridized carbons (Fsp3) is 0.148. The average molecular weight is 815 g/mol. The summed E-state index contributed by atoms with van der Waals surface area (Å²) in [6.07, 6.45) is 4.08. The molecule has 294 valence electrons. The minimum absolute atomic E-state index is 0.0764. The van der Waals surface area contributed by atoms with E-state index in [4.69, 9.17) is 9.97 Å². The van der Waals surface area contributed by atoms with Crippen LogP contribution in [0.4, 0.5) is 32.8 Å². The molecule has 2 aromatic heterocycles. The number of aromatic nitrogens is 2. The van der Waals surface area contributed by atoms with Gasteiger partial charge in [-0.3, -0.25) is 0 Å². The highest BCUT2D eigenvalue weighted by Crippen LogP contribution is 2.50. The second-order valence-electron chi connectivity index (χ2n) is 17.6. The van der Waals surface area contributed by atoms with Gasteiger partial charge < -0.3 is 9.80 Å². The Balaban J connectivity index is 1.21. The standard InChI is InChI=1S/C54H46N4S2/c1-53(2,3)37-27-35-29-46(52-56-34-48(60-52)58(41-23-15-9-16-24-41)42-25-17-10-18-26-42)44-32-38(54(4,5)6)28-36-30-45(43(31-37)49(35)50(36)44)51-55-33-47(59-51)57(39-19-11-7-12-20-39)40-21-13-8-14-22-40/h7-34H,1-6H3. The third-order valence-electron chi connectivity index (χ3n) is 11.4. The molecule has 10 aromatic rings. The van der Waals surface area contributed by atoms with Crippen LogP contribution in [0.1, 0.15) is 52.7 Å². The smallest absolute Gasteiger partial charge is 0.125 e. The van der Waals surface area contributed by atoms with Crippen molar-refractivity contribution in [2.24, 2.45) is 0 Å². The molecule has 0 fully saturated rings. The predicted molar refractivity (Wildman–Crippen MR) is 259 cm³/mol. The van der Waals surface area contributed by atoms with Gasteiger partial charge in [0.05, 0.1) is 12.4 Å². The van der Waals surface area contributed by atoms with Crippen molar-refractivity contribution in [2.75, 3.05) is 9.80 Å². The molecule has 4 nitrogen and oxygen atoms in total. The summed E-state index contributed by atoms with van der Waals surface area (Å²) in [7, 11) is 0. The summed E-state index contributed by atoms with van der Waals surface area (Å²) < 4.78 is 0. The first-order chi connectivity index (χ1) is 29.0. The molecule has 0 saturated heterocycles. The number of nitrogens with zero attached hydrogens (tertiary/aromatic N) is 4. The van der Waals surface area contributed by atoms with E-state index in [1.807, 2.05) is 12.4 Å². The van der Waals surface area contributed by atoms with E-state index in [1.54, 1.807) is 22.7 Å². The van der Waals surface area contributed by atoms with Crippen LogP contribution >= 0.6 is 22.7 Å². The molecule has 0 radical (unpaired) electrons. The Bertz CT molecular complexity index is 2810. The van der Waals surface area contributed by atoms with Gasteiger partial charge in [-0.25, -0.2) is 9.97 Å². The Morgan fingerprint density at radius 1 is 0.400 bits per heavy atom. The third kappa shape index (κ3) is 6.80. The van der Waals surface area contributed by atoms with Gasteiger partial charge >= 0.3 is 0 Å². The van der Waals surface area contributed by atoms with Gasteiger partial charge in [0.1, 0.15) is 20.0 Å². The molecule has 6 heteroatoms. The summed E-state index contributed by atoms with van der Waals surface area (Å²) in [4.78, 5) is 15.1. The van der Waals surface area contributed by atoms with Gasteiger partial charge in [-0.1, -0.05) is 149 Å². The van der Waals surface area contributed by atoms with Gasteiger partial charge in [0.25, 0.3) is 0 Å². The molecule has 0 spiro atoms. The fourth-order valence-corrected chi connectivity index (χ4v) is 10.3. The lowest BCUT2D eigenvalue weighted by Crippen LogP contribution is -2.12. The summed E-state index contributed by atoms with van der Waals surface area (Å²) in [6.45, 7) is 13.9. The van der Waals surface area contributed by atoms with Crippen LogP contribution in [0.5, 0.6) is 0 Å². The summed E-state index contributed by atoms with van der Waals surface area (Å²) >= 11 is 3.49. The van der Waals surface area contributed by atoms with Crippen LogP contribution in [0.15, 0.2) is 170 Å². The first-order valence-electron chi connectivity index (χ1n) is 20.6. The molecule has 0 aliphatic rings. The molecule has 8 aromatic carbocycles. The van der Waals surface area contributed by atoms with Crippen molar-refractivity contribution in [1.29, 1.82) is 0 Å². The van der Waals surface area contributed by atoms with E-state index in [1.165, 1.54) is 43.4 Å². The summed E-state index contributed by atoms with van der Waals surface area (Å²) in [5.41, 5.74) is 9.17. The van der Waals surface area contributed by atoms with Crippen LogP contribution in [-0.4, -0.2) is 9.97 Å². The first-order valence-corrected chi connectivity index (χ1v) is 22.2. The molecule has 0 atom stereocenters. The molecule has 60 heavy (non-hydrogen) atoms. The fourth-order valence-electron chi connectivity index (χ4n) is 8.33. The number of anilines is 6. The minimum atomic E-state index is -0.0764. The van der Waals surface area contributed by atoms with Gasteiger partial charge in [0.2, 0.25) is 0 Å². The maximum absolute atomic E-state index is 5.23. The monoisotopic (exact) mass is 814 g/mol. The summed E-state index contributed by atoms with van der Waals surface area (Å²) in [5.74, 6) is 0. The number of hydrogen-bond donors (Lipinski definition) is 0. The van der Waals surface area contributed by atoms with Crippen molar-refractivity contribution < 1.29 is 0 Å². The highest BCUT2D eigenvalue weighted by Gasteiger charge is 2.26. The van der Waals surface area contributed by atoms with Gasteiger partial charge in [0, 0.05) is 33.9 Å². The Morgan fingerprint density at radius 2 is 0.717 bits per heavy atom. The normalized spacial score (nSPS) is 12.2. The molecule has 0 aliphatic heterocycles.